The number of phenols is 1. The van der Waals surface area contributed by atoms with E-state index in [9.17, 15) is 5.11 Å². The van der Waals surface area contributed by atoms with Gasteiger partial charge in [-0.2, -0.15) is 0 Å². The second kappa shape index (κ2) is 7.31. The van der Waals surface area contributed by atoms with Crippen LogP contribution in [0.1, 0.15) is 58.2 Å². The van der Waals surface area contributed by atoms with Crippen molar-refractivity contribution in [2.24, 2.45) is 4.99 Å². The van der Waals surface area contributed by atoms with Crippen LogP contribution in [0.5, 0.6) is 5.75 Å². The zero-order chi connectivity index (χ0) is 20.5. The molecule has 146 valence electrons. The first-order valence-corrected chi connectivity index (χ1v) is 9.71. The number of hydrogen-bond donors (Lipinski definition) is 1. The Bertz CT molecular complexity index is 967. The van der Waals surface area contributed by atoms with Crippen LogP contribution in [0.25, 0.3) is 5.69 Å². The lowest BCUT2D eigenvalue weighted by molar-refractivity contribution is 0.444. The number of benzene rings is 2. The van der Waals surface area contributed by atoms with Crippen molar-refractivity contribution in [2.45, 2.75) is 52.4 Å². The highest BCUT2D eigenvalue weighted by Gasteiger charge is 2.24. The number of hydrogen-bond acceptors (Lipinski definition) is 2. The summed E-state index contributed by atoms with van der Waals surface area (Å²) >= 11 is 0. The molecule has 3 nitrogen and oxygen atoms in total. The summed E-state index contributed by atoms with van der Waals surface area (Å²) in [5.41, 5.74) is 4.70. The molecule has 0 radical (unpaired) electrons. The van der Waals surface area contributed by atoms with E-state index in [1.165, 1.54) is 5.56 Å². The van der Waals surface area contributed by atoms with E-state index in [2.05, 4.69) is 57.2 Å². The lowest BCUT2D eigenvalue weighted by Crippen LogP contribution is -2.17. The first-order valence-electron chi connectivity index (χ1n) is 9.71. The van der Waals surface area contributed by atoms with Gasteiger partial charge in [0.15, 0.2) is 0 Å². The van der Waals surface area contributed by atoms with Crippen LogP contribution in [0.3, 0.4) is 0 Å². The van der Waals surface area contributed by atoms with Gasteiger partial charge >= 0.3 is 0 Å². The van der Waals surface area contributed by atoms with Gasteiger partial charge in [0.25, 0.3) is 0 Å². The quantitative estimate of drug-likeness (QED) is 0.520. The summed E-state index contributed by atoms with van der Waals surface area (Å²) in [7, 11) is 0. The van der Waals surface area contributed by atoms with Crippen LogP contribution in [0.4, 0.5) is 5.69 Å². The van der Waals surface area contributed by atoms with Crippen molar-refractivity contribution in [3.63, 3.8) is 0 Å². The lowest BCUT2D eigenvalue weighted by Gasteiger charge is -2.26. The summed E-state index contributed by atoms with van der Waals surface area (Å²) < 4.78 is 2.06. The normalized spacial score (nSPS) is 12.6. The van der Waals surface area contributed by atoms with E-state index >= 15 is 0 Å². The third kappa shape index (κ3) is 4.36. The Morgan fingerprint density at radius 3 is 2.00 bits per heavy atom. The fraction of sp³-hybridized carbons (Fsp3) is 0.320. The molecular weight excluding hydrogens is 344 g/mol. The van der Waals surface area contributed by atoms with E-state index in [4.69, 9.17) is 0 Å². The molecule has 0 unspecified atom stereocenters. The summed E-state index contributed by atoms with van der Waals surface area (Å²) in [6.45, 7) is 12.9. The van der Waals surface area contributed by atoms with Crippen molar-refractivity contribution in [2.75, 3.05) is 0 Å². The third-order valence-corrected chi connectivity index (χ3v) is 4.92. The average Bonchev–Trinajstić information content (AvgIpc) is 3.14. The predicted octanol–water partition coefficient (Wildman–Crippen LogP) is 6.53. The molecule has 0 spiro atoms. The molecule has 0 aliphatic carbocycles. The fourth-order valence-electron chi connectivity index (χ4n) is 3.12. The Morgan fingerprint density at radius 1 is 0.857 bits per heavy atom. The van der Waals surface area contributed by atoms with Crippen molar-refractivity contribution in [1.29, 1.82) is 0 Å². The van der Waals surface area contributed by atoms with Crippen LogP contribution >= 0.6 is 0 Å². The van der Waals surface area contributed by atoms with Crippen molar-refractivity contribution in [3.05, 3.63) is 77.6 Å². The summed E-state index contributed by atoms with van der Waals surface area (Å²) in [4.78, 5) is 4.61. The molecule has 0 aliphatic rings. The monoisotopic (exact) mass is 374 g/mol. The third-order valence-electron chi connectivity index (χ3n) is 4.92. The summed E-state index contributed by atoms with van der Waals surface area (Å²) in [6, 6.07) is 16.2. The first-order chi connectivity index (χ1) is 13.1. The minimum Gasteiger partial charge on any atom is -0.507 e. The van der Waals surface area contributed by atoms with E-state index in [1.807, 2.05) is 54.9 Å². The van der Waals surface area contributed by atoms with Crippen LogP contribution in [0, 0.1) is 0 Å². The van der Waals surface area contributed by atoms with Crippen molar-refractivity contribution < 1.29 is 5.11 Å². The second-order valence-corrected chi connectivity index (χ2v) is 9.33. The first kappa shape index (κ1) is 19.9. The SMILES string of the molecule is CC(C)(C)c1cc(C=Nc2ccc(-n3cccc3)cc2)c(O)c(C(C)(C)C)c1. The number of rotatable bonds is 3. The van der Waals surface area contributed by atoms with E-state index < -0.39 is 0 Å². The fourth-order valence-corrected chi connectivity index (χ4v) is 3.12. The molecule has 3 aromatic rings. The molecule has 0 fully saturated rings. The Balaban J connectivity index is 1.96. The smallest absolute Gasteiger partial charge is 0.128 e. The van der Waals surface area contributed by atoms with Gasteiger partial charge in [-0.05, 0) is 58.9 Å². The molecule has 28 heavy (non-hydrogen) atoms. The number of aromatic hydroxyl groups is 1. The maximum absolute atomic E-state index is 10.9. The molecule has 3 rings (SSSR count). The number of phenolic OH excluding ortho intramolecular Hbond substituents is 1. The molecule has 0 amide bonds. The minimum absolute atomic E-state index is 0.00526. The number of aliphatic imine (C=N–C) groups is 1. The van der Waals surface area contributed by atoms with Crippen LogP contribution in [-0.2, 0) is 10.8 Å². The minimum atomic E-state index is -0.146. The average molecular weight is 375 g/mol. The van der Waals surface area contributed by atoms with Gasteiger partial charge in [0.2, 0.25) is 0 Å². The molecule has 1 heterocycles. The summed E-state index contributed by atoms with van der Waals surface area (Å²) in [6.07, 6.45) is 5.80. The van der Waals surface area contributed by atoms with E-state index in [1.54, 1.807) is 6.21 Å². The van der Waals surface area contributed by atoms with Gasteiger partial charge in [0.05, 0.1) is 5.69 Å². The molecular formula is C25H30N2O. The molecule has 0 aliphatic heterocycles. The van der Waals surface area contributed by atoms with Crippen LogP contribution in [0.15, 0.2) is 65.9 Å². The molecule has 1 N–H and O–H groups in total. The highest BCUT2D eigenvalue weighted by molar-refractivity contribution is 5.86. The largest absolute Gasteiger partial charge is 0.507 e. The zero-order valence-corrected chi connectivity index (χ0v) is 17.7. The number of aromatic nitrogens is 1. The molecule has 0 bridgehead atoms. The molecule has 0 saturated carbocycles. The van der Waals surface area contributed by atoms with E-state index in [0.717, 1.165) is 22.5 Å². The zero-order valence-electron chi connectivity index (χ0n) is 17.7. The standard InChI is InChI=1S/C25H30N2O/c1-24(2,3)19-15-18(23(28)22(16-19)25(4,5)6)17-26-20-9-11-21(12-10-20)27-13-7-8-14-27/h7-17,28H,1-6H3. The van der Waals surface area contributed by atoms with E-state index in [0.29, 0.717) is 5.75 Å². The topological polar surface area (TPSA) is 37.5 Å². The maximum atomic E-state index is 10.9. The van der Waals surface area contributed by atoms with Crippen molar-refractivity contribution in [3.8, 4) is 11.4 Å². The summed E-state index contributed by atoms with van der Waals surface area (Å²) in [5.74, 6) is 0.313. The molecule has 2 aromatic carbocycles. The van der Waals surface area contributed by atoms with Gasteiger partial charge in [0, 0.05) is 35.4 Å². The van der Waals surface area contributed by atoms with Gasteiger partial charge in [-0.25, -0.2) is 0 Å². The van der Waals surface area contributed by atoms with Crippen molar-refractivity contribution >= 4 is 11.9 Å². The molecule has 3 heteroatoms. The van der Waals surface area contributed by atoms with Gasteiger partial charge < -0.3 is 9.67 Å². The van der Waals surface area contributed by atoms with Gasteiger partial charge in [-0.15, -0.1) is 0 Å². The summed E-state index contributed by atoms with van der Waals surface area (Å²) in [5, 5.41) is 10.9. The van der Waals surface area contributed by atoms with Crippen LogP contribution < -0.4 is 0 Å². The highest BCUT2D eigenvalue weighted by Crippen LogP contribution is 2.37. The Morgan fingerprint density at radius 2 is 1.46 bits per heavy atom. The Labute approximate surface area is 168 Å². The molecule has 0 saturated heterocycles. The Hall–Kier alpha value is -2.81. The van der Waals surface area contributed by atoms with Crippen molar-refractivity contribution in [1.82, 2.24) is 4.57 Å². The maximum Gasteiger partial charge on any atom is 0.128 e. The lowest BCUT2D eigenvalue weighted by atomic mass is 9.79. The van der Waals surface area contributed by atoms with E-state index in [-0.39, 0.29) is 10.8 Å². The van der Waals surface area contributed by atoms with Crippen LogP contribution in [-0.4, -0.2) is 15.9 Å². The van der Waals surface area contributed by atoms with Gasteiger partial charge in [-0.3, -0.25) is 4.99 Å². The molecule has 1 aromatic heterocycles. The number of nitrogens with zero attached hydrogens (tertiary/aromatic N) is 2. The van der Waals surface area contributed by atoms with Gasteiger partial charge in [-0.1, -0.05) is 47.6 Å². The predicted molar refractivity (Wildman–Crippen MR) is 119 cm³/mol. The van der Waals surface area contributed by atoms with Gasteiger partial charge in [0.1, 0.15) is 5.75 Å². The Kier molecular flexibility index (Phi) is 5.20. The van der Waals surface area contributed by atoms with Crippen LogP contribution in [0.2, 0.25) is 0 Å². The molecule has 0 atom stereocenters. The highest BCUT2D eigenvalue weighted by atomic mass is 16.3. The second-order valence-electron chi connectivity index (χ2n) is 9.33.